The van der Waals surface area contributed by atoms with E-state index in [4.69, 9.17) is 4.74 Å². The maximum absolute atomic E-state index is 13.2. The molecular formula is C12H16FNO2. The quantitative estimate of drug-likeness (QED) is 0.837. The molecule has 0 aliphatic heterocycles. The van der Waals surface area contributed by atoms with Crippen LogP contribution in [0.4, 0.5) is 14.9 Å². The number of nitrogens with one attached hydrogen (secondary N) is 1. The van der Waals surface area contributed by atoms with Crippen molar-refractivity contribution in [1.82, 2.24) is 0 Å². The number of hydrogen-bond donors (Lipinski definition) is 1. The lowest BCUT2D eigenvalue weighted by Gasteiger charge is -2.18. The lowest BCUT2D eigenvalue weighted by atomic mass is 9.99. The second-order valence-electron chi connectivity index (χ2n) is 4.74. The van der Waals surface area contributed by atoms with Gasteiger partial charge < -0.3 is 4.74 Å². The molecular weight excluding hydrogens is 209 g/mol. The molecule has 88 valence electrons. The highest BCUT2D eigenvalue weighted by molar-refractivity contribution is 5.84. The fourth-order valence-electron chi connectivity index (χ4n) is 0.991. The fourth-order valence-corrected chi connectivity index (χ4v) is 0.991. The Morgan fingerprint density at radius 3 is 2.56 bits per heavy atom. The van der Waals surface area contributed by atoms with Crippen LogP contribution in [-0.2, 0) is 4.74 Å². The molecule has 0 fully saturated rings. The smallest absolute Gasteiger partial charge is 0.411 e. The number of halogens is 1. The zero-order valence-corrected chi connectivity index (χ0v) is 9.71. The van der Waals surface area contributed by atoms with Gasteiger partial charge in [0, 0.05) is 0 Å². The Hall–Kier alpha value is -1.58. The van der Waals surface area contributed by atoms with Crippen molar-refractivity contribution in [3.63, 3.8) is 0 Å². The molecule has 0 bridgehead atoms. The summed E-state index contributed by atoms with van der Waals surface area (Å²) in [4.78, 5) is 11.3. The second kappa shape index (κ2) is 4.96. The van der Waals surface area contributed by atoms with Gasteiger partial charge in [0.2, 0.25) is 0 Å². The van der Waals surface area contributed by atoms with E-state index in [-0.39, 0.29) is 17.7 Å². The third-order valence-electron chi connectivity index (χ3n) is 1.75. The van der Waals surface area contributed by atoms with Crippen molar-refractivity contribution in [2.75, 3.05) is 11.9 Å². The van der Waals surface area contributed by atoms with Crippen LogP contribution < -0.4 is 5.32 Å². The summed E-state index contributed by atoms with van der Waals surface area (Å²) in [7, 11) is 0. The van der Waals surface area contributed by atoms with Crippen LogP contribution in [0.15, 0.2) is 24.3 Å². The van der Waals surface area contributed by atoms with E-state index in [2.05, 4.69) is 5.32 Å². The Balaban J connectivity index is 2.50. The lowest BCUT2D eigenvalue weighted by Crippen LogP contribution is -2.22. The standard InChI is InChI=1S/C12H16FNO2/c1-12(2,3)8-16-11(15)14-10-7-5-4-6-9(10)13/h4-7H,8H2,1-3H3,(H,14,15). The highest BCUT2D eigenvalue weighted by atomic mass is 19.1. The zero-order valence-electron chi connectivity index (χ0n) is 9.71. The monoisotopic (exact) mass is 225 g/mol. The lowest BCUT2D eigenvalue weighted by molar-refractivity contribution is 0.118. The van der Waals surface area contributed by atoms with Crippen molar-refractivity contribution in [3.8, 4) is 0 Å². The Bertz CT molecular complexity index is 372. The first-order valence-corrected chi connectivity index (χ1v) is 5.07. The molecule has 4 heteroatoms. The van der Waals surface area contributed by atoms with E-state index in [1.807, 2.05) is 20.8 Å². The van der Waals surface area contributed by atoms with Crippen LogP contribution >= 0.6 is 0 Å². The van der Waals surface area contributed by atoms with Crippen LogP contribution in [0, 0.1) is 11.2 Å². The predicted octanol–water partition coefficient (Wildman–Crippen LogP) is 3.42. The summed E-state index contributed by atoms with van der Waals surface area (Å²) >= 11 is 0. The van der Waals surface area contributed by atoms with Gasteiger partial charge in [-0.1, -0.05) is 32.9 Å². The van der Waals surface area contributed by atoms with Gasteiger partial charge in [0.15, 0.2) is 0 Å². The second-order valence-corrected chi connectivity index (χ2v) is 4.74. The van der Waals surface area contributed by atoms with Gasteiger partial charge in [0.05, 0.1) is 12.3 Å². The number of ether oxygens (including phenoxy) is 1. The third-order valence-corrected chi connectivity index (χ3v) is 1.75. The van der Waals surface area contributed by atoms with Gasteiger partial charge >= 0.3 is 6.09 Å². The van der Waals surface area contributed by atoms with Crippen LogP contribution in [0.5, 0.6) is 0 Å². The van der Waals surface area contributed by atoms with Crippen molar-refractivity contribution >= 4 is 11.8 Å². The summed E-state index contributed by atoms with van der Waals surface area (Å²) < 4.78 is 18.1. The van der Waals surface area contributed by atoms with Gasteiger partial charge in [0.25, 0.3) is 0 Å². The van der Waals surface area contributed by atoms with Gasteiger partial charge in [-0.2, -0.15) is 0 Å². The first-order chi connectivity index (χ1) is 7.38. The number of para-hydroxylation sites is 1. The number of amides is 1. The molecule has 0 aliphatic rings. The average Bonchev–Trinajstić information content (AvgIpc) is 2.18. The molecule has 0 radical (unpaired) electrons. The van der Waals surface area contributed by atoms with Crippen LogP contribution in [0.25, 0.3) is 0 Å². The molecule has 0 aromatic heterocycles. The molecule has 0 atom stereocenters. The molecule has 1 aromatic rings. The molecule has 0 aliphatic carbocycles. The molecule has 0 unspecified atom stereocenters. The van der Waals surface area contributed by atoms with E-state index in [0.717, 1.165) is 0 Å². The van der Waals surface area contributed by atoms with Crippen molar-refractivity contribution in [2.45, 2.75) is 20.8 Å². The van der Waals surface area contributed by atoms with Crippen LogP contribution in [0.1, 0.15) is 20.8 Å². The Morgan fingerprint density at radius 1 is 1.38 bits per heavy atom. The topological polar surface area (TPSA) is 38.3 Å². The van der Waals surface area contributed by atoms with Gasteiger partial charge in [-0.3, -0.25) is 5.32 Å². The molecule has 0 spiro atoms. The van der Waals surface area contributed by atoms with Crippen molar-refractivity contribution in [3.05, 3.63) is 30.1 Å². The van der Waals surface area contributed by atoms with E-state index in [1.54, 1.807) is 12.1 Å². The summed E-state index contributed by atoms with van der Waals surface area (Å²) in [6, 6.07) is 5.95. The average molecular weight is 225 g/mol. The fraction of sp³-hybridized carbons (Fsp3) is 0.417. The maximum atomic E-state index is 13.2. The van der Waals surface area contributed by atoms with Gasteiger partial charge in [-0.25, -0.2) is 9.18 Å². The molecule has 0 saturated heterocycles. The minimum atomic E-state index is -0.639. The third kappa shape index (κ3) is 4.29. The summed E-state index contributed by atoms with van der Waals surface area (Å²) in [6.07, 6.45) is -0.639. The van der Waals surface area contributed by atoms with Gasteiger partial charge in [-0.15, -0.1) is 0 Å². The molecule has 3 nitrogen and oxygen atoms in total. The Kier molecular flexibility index (Phi) is 3.88. The van der Waals surface area contributed by atoms with Crippen molar-refractivity contribution in [2.24, 2.45) is 5.41 Å². The minimum Gasteiger partial charge on any atom is -0.449 e. The first-order valence-electron chi connectivity index (χ1n) is 5.07. The SMILES string of the molecule is CC(C)(C)COC(=O)Nc1ccccc1F. The van der Waals surface area contributed by atoms with Crippen molar-refractivity contribution < 1.29 is 13.9 Å². The minimum absolute atomic E-state index is 0.105. The number of carbonyl (C=O) groups is 1. The van der Waals surface area contributed by atoms with Crippen LogP contribution in [0.3, 0.4) is 0 Å². The number of anilines is 1. The molecule has 1 N–H and O–H groups in total. The number of rotatable bonds is 2. The van der Waals surface area contributed by atoms with Crippen molar-refractivity contribution in [1.29, 1.82) is 0 Å². The summed E-state index contributed by atoms with van der Waals surface area (Å²) in [5.41, 5.74) is 0.0217. The number of hydrogen-bond acceptors (Lipinski definition) is 2. The van der Waals surface area contributed by atoms with Crippen LogP contribution in [-0.4, -0.2) is 12.7 Å². The van der Waals surface area contributed by atoms with E-state index in [9.17, 15) is 9.18 Å². The first kappa shape index (κ1) is 12.5. The number of benzene rings is 1. The Labute approximate surface area is 94.6 Å². The largest absolute Gasteiger partial charge is 0.449 e. The summed E-state index contributed by atoms with van der Waals surface area (Å²) in [5, 5.41) is 2.35. The highest BCUT2D eigenvalue weighted by Crippen LogP contribution is 2.15. The summed E-state index contributed by atoms with van der Waals surface area (Å²) in [6.45, 7) is 6.13. The molecule has 16 heavy (non-hydrogen) atoms. The molecule has 1 amide bonds. The predicted molar refractivity (Wildman–Crippen MR) is 60.8 cm³/mol. The van der Waals surface area contributed by atoms with Gasteiger partial charge in [-0.05, 0) is 17.5 Å². The van der Waals surface area contributed by atoms with E-state index < -0.39 is 11.9 Å². The van der Waals surface area contributed by atoms with Gasteiger partial charge in [0.1, 0.15) is 5.82 Å². The maximum Gasteiger partial charge on any atom is 0.411 e. The zero-order chi connectivity index (χ0) is 12.2. The Morgan fingerprint density at radius 2 is 2.00 bits per heavy atom. The normalized spacial score (nSPS) is 11.0. The summed E-state index contributed by atoms with van der Waals surface area (Å²) in [5.74, 6) is -0.477. The molecule has 1 rings (SSSR count). The van der Waals surface area contributed by atoms with E-state index >= 15 is 0 Å². The highest BCUT2D eigenvalue weighted by Gasteiger charge is 2.14. The van der Waals surface area contributed by atoms with E-state index in [1.165, 1.54) is 12.1 Å². The molecule has 0 saturated carbocycles. The van der Waals surface area contributed by atoms with E-state index in [0.29, 0.717) is 0 Å². The molecule has 0 heterocycles. The number of carbonyl (C=O) groups excluding carboxylic acids is 1. The van der Waals surface area contributed by atoms with Crippen LogP contribution in [0.2, 0.25) is 0 Å². The molecule has 1 aromatic carbocycles.